The standard InChI is InChI=1S/C15H20O2/c1-2-4-12(5-3-1)13-6-8-14(9-7-13)15-16-10-11-17-15/h1-5,13-15H,6-11H2. The van der Waals surface area contributed by atoms with Gasteiger partial charge in [0.15, 0.2) is 6.29 Å². The number of hydrogen-bond acceptors (Lipinski definition) is 2. The van der Waals surface area contributed by atoms with Crippen LogP contribution in [0.5, 0.6) is 0 Å². The monoisotopic (exact) mass is 232 g/mol. The average Bonchev–Trinajstić information content (AvgIpc) is 2.94. The molecule has 1 aromatic carbocycles. The highest BCUT2D eigenvalue weighted by Crippen LogP contribution is 2.38. The molecule has 2 fully saturated rings. The maximum absolute atomic E-state index is 5.61. The molecule has 0 amide bonds. The van der Waals surface area contributed by atoms with Crippen molar-refractivity contribution in [3.05, 3.63) is 35.9 Å². The highest BCUT2D eigenvalue weighted by Gasteiger charge is 2.31. The lowest BCUT2D eigenvalue weighted by atomic mass is 9.78. The quantitative estimate of drug-likeness (QED) is 0.778. The first kappa shape index (κ1) is 11.2. The van der Waals surface area contributed by atoms with Crippen molar-refractivity contribution in [3.8, 4) is 0 Å². The molecular formula is C15H20O2. The highest BCUT2D eigenvalue weighted by molar-refractivity contribution is 5.19. The van der Waals surface area contributed by atoms with Crippen LogP contribution in [0, 0.1) is 5.92 Å². The largest absolute Gasteiger partial charge is 0.350 e. The fraction of sp³-hybridized carbons (Fsp3) is 0.600. The smallest absolute Gasteiger partial charge is 0.160 e. The van der Waals surface area contributed by atoms with Crippen LogP contribution in [0.25, 0.3) is 0 Å². The van der Waals surface area contributed by atoms with Crippen LogP contribution in [0.4, 0.5) is 0 Å². The van der Waals surface area contributed by atoms with E-state index in [9.17, 15) is 0 Å². The zero-order valence-corrected chi connectivity index (χ0v) is 10.2. The molecule has 0 atom stereocenters. The summed E-state index contributed by atoms with van der Waals surface area (Å²) in [5.41, 5.74) is 1.50. The Labute approximate surface area is 103 Å². The summed E-state index contributed by atoms with van der Waals surface area (Å²) in [6.07, 6.45) is 5.12. The second-order valence-electron chi connectivity index (χ2n) is 5.13. The summed E-state index contributed by atoms with van der Waals surface area (Å²) < 4.78 is 11.2. The molecule has 0 N–H and O–H groups in total. The lowest BCUT2D eigenvalue weighted by Gasteiger charge is -2.31. The van der Waals surface area contributed by atoms with Gasteiger partial charge in [-0.05, 0) is 37.2 Å². The molecule has 1 aromatic rings. The van der Waals surface area contributed by atoms with Gasteiger partial charge in [-0.2, -0.15) is 0 Å². The van der Waals surface area contributed by atoms with E-state index in [1.165, 1.54) is 31.2 Å². The summed E-state index contributed by atoms with van der Waals surface area (Å²) in [4.78, 5) is 0. The van der Waals surface area contributed by atoms with Crippen LogP contribution in [0.2, 0.25) is 0 Å². The predicted molar refractivity (Wildman–Crippen MR) is 66.8 cm³/mol. The zero-order chi connectivity index (χ0) is 11.5. The number of benzene rings is 1. The Morgan fingerprint density at radius 2 is 1.47 bits per heavy atom. The fourth-order valence-electron chi connectivity index (χ4n) is 3.10. The molecular weight excluding hydrogens is 212 g/mol. The number of hydrogen-bond donors (Lipinski definition) is 0. The van der Waals surface area contributed by atoms with E-state index < -0.39 is 0 Å². The van der Waals surface area contributed by atoms with Gasteiger partial charge in [-0.3, -0.25) is 0 Å². The second-order valence-corrected chi connectivity index (χ2v) is 5.13. The summed E-state index contributed by atoms with van der Waals surface area (Å²) in [6, 6.07) is 10.9. The molecule has 1 aliphatic heterocycles. The Morgan fingerprint density at radius 1 is 0.824 bits per heavy atom. The van der Waals surface area contributed by atoms with Crippen LogP contribution in [0.3, 0.4) is 0 Å². The predicted octanol–water partition coefficient (Wildman–Crippen LogP) is 3.33. The van der Waals surface area contributed by atoms with Gasteiger partial charge in [-0.25, -0.2) is 0 Å². The van der Waals surface area contributed by atoms with Crippen molar-refractivity contribution in [2.75, 3.05) is 13.2 Å². The Morgan fingerprint density at radius 3 is 2.12 bits per heavy atom. The fourth-order valence-corrected chi connectivity index (χ4v) is 3.10. The van der Waals surface area contributed by atoms with Gasteiger partial charge >= 0.3 is 0 Å². The Hall–Kier alpha value is -0.860. The topological polar surface area (TPSA) is 18.5 Å². The Kier molecular flexibility index (Phi) is 3.44. The Balaban J connectivity index is 1.57. The maximum Gasteiger partial charge on any atom is 0.160 e. The molecule has 17 heavy (non-hydrogen) atoms. The molecule has 0 bridgehead atoms. The molecule has 0 radical (unpaired) electrons. The normalized spacial score (nSPS) is 30.6. The van der Waals surface area contributed by atoms with Crippen LogP contribution in [-0.4, -0.2) is 19.5 Å². The number of rotatable bonds is 2. The van der Waals surface area contributed by atoms with Gasteiger partial charge in [0, 0.05) is 5.92 Å². The first-order chi connectivity index (χ1) is 8.43. The van der Waals surface area contributed by atoms with Gasteiger partial charge in [-0.1, -0.05) is 30.3 Å². The molecule has 0 aromatic heterocycles. The van der Waals surface area contributed by atoms with E-state index in [0.29, 0.717) is 5.92 Å². The molecule has 1 saturated carbocycles. The minimum absolute atomic E-state index is 0.0896. The molecule has 2 heteroatoms. The summed E-state index contributed by atoms with van der Waals surface area (Å²) >= 11 is 0. The van der Waals surface area contributed by atoms with E-state index >= 15 is 0 Å². The van der Waals surface area contributed by atoms with Crippen molar-refractivity contribution >= 4 is 0 Å². The highest BCUT2D eigenvalue weighted by atomic mass is 16.7. The molecule has 1 heterocycles. The van der Waals surface area contributed by atoms with Crippen LogP contribution in [0.15, 0.2) is 30.3 Å². The van der Waals surface area contributed by atoms with Gasteiger partial charge in [0.2, 0.25) is 0 Å². The third-order valence-electron chi connectivity index (χ3n) is 4.08. The van der Waals surface area contributed by atoms with E-state index in [4.69, 9.17) is 9.47 Å². The third-order valence-corrected chi connectivity index (χ3v) is 4.08. The average molecular weight is 232 g/mol. The maximum atomic E-state index is 5.61. The lowest BCUT2D eigenvalue weighted by molar-refractivity contribution is -0.0931. The molecule has 0 spiro atoms. The van der Waals surface area contributed by atoms with Gasteiger partial charge < -0.3 is 9.47 Å². The second kappa shape index (κ2) is 5.19. The number of ether oxygens (including phenoxy) is 2. The third kappa shape index (κ3) is 2.53. The van der Waals surface area contributed by atoms with Crippen molar-refractivity contribution in [2.45, 2.75) is 37.9 Å². The van der Waals surface area contributed by atoms with Crippen molar-refractivity contribution in [1.82, 2.24) is 0 Å². The molecule has 2 aliphatic rings. The minimum Gasteiger partial charge on any atom is -0.350 e. The summed E-state index contributed by atoms with van der Waals surface area (Å²) in [5.74, 6) is 1.37. The molecule has 1 aliphatic carbocycles. The van der Waals surface area contributed by atoms with E-state index in [2.05, 4.69) is 30.3 Å². The van der Waals surface area contributed by atoms with E-state index in [1.54, 1.807) is 0 Å². The summed E-state index contributed by atoms with van der Waals surface area (Å²) in [5, 5.41) is 0. The van der Waals surface area contributed by atoms with Gasteiger partial charge in [-0.15, -0.1) is 0 Å². The van der Waals surface area contributed by atoms with Gasteiger partial charge in [0.25, 0.3) is 0 Å². The van der Waals surface area contributed by atoms with Crippen molar-refractivity contribution < 1.29 is 9.47 Å². The zero-order valence-electron chi connectivity index (χ0n) is 10.2. The van der Waals surface area contributed by atoms with Crippen LogP contribution in [-0.2, 0) is 9.47 Å². The van der Waals surface area contributed by atoms with Gasteiger partial charge in [0.1, 0.15) is 0 Å². The summed E-state index contributed by atoms with van der Waals surface area (Å²) in [6.45, 7) is 1.56. The minimum atomic E-state index is 0.0896. The summed E-state index contributed by atoms with van der Waals surface area (Å²) in [7, 11) is 0. The first-order valence-electron chi connectivity index (χ1n) is 6.71. The van der Waals surface area contributed by atoms with Crippen LogP contribution < -0.4 is 0 Å². The van der Waals surface area contributed by atoms with Gasteiger partial charge in [0.05, 0.1) is 13.2 Å². The van der Waals surface area contributed by atoms with Crippen molar-refractivity contribution in [2.24, 2.45) is 5.92 Å². The lowest BCUT2D eigenvalue weighted by Crippen LogP contribution is -2.25. The molecule has 3 rings (SSSR count). The van der Waals surface area contributed by atoms with Crippen molar-refractivity contribution in [1.29, 1.82) is 0 Å². The molecule has 1 saturated heterocycles. The molecule has 92 valence electrons. The molecule has 0 unspecified atom stereocenters. The van der Waals surface area contributed by atoms with E-state index in [-0.39, 0.29) is 6.29 Å². The first-order valence-corrected chi connectivity index (χ1v) is 6.71. The van der Waals surface area contributed by atoms with E-state index in [1.807, 2.05) is 0 Å². The van der Waals surface area contributed by atoms with Crippen LogP contribution in [0.1, 0.15) is 37.2 Å². The van der Waals surface area contributed by atoms with E-state index in [0.717, 1.165) is 19.1 Å². The molecule has 2 nitrogen and oxygen atoms in total. The Bertz CT molecular complexity index is 335. The SMILES string of the molecule is c1ccc(C2CCC(C3OCCO3)CC2)cc1. The van der Waals surface area contributed by atoms with Crippen LogP contribution >= 0.6 is 0 Å². The van der Waals surface area contributed by atoms with Crippen molar-refractivity contribution in [3.63, 3.8) is 0 Å².